The SMILES string of the molecule is C1CCOC1.[Mg]. The summed E-state index contributed by atoms with van der Waals surface area (Å²) in [5.41, 5.74) is 0. The van der Waals surface area contributed by atoms with Crippen molar-refractivity contribution in [1.82, 2.24) is 0 Å². The number of hydrogen-bond donors (Lipinski definition) is 0. The van der Waals surface area contributed by atoms with Gasteiger partial charge >= 0.3 is 0 Å². The Labute approximate surface area is 54.2 Å². The lowest BCUT2D eigenvalue weighted by atomic mass is 10.4. The van der Waals surface area contributed by atoms with Gasteiger partial charge in [-0.2, -0.15) is 0 Å². The van der Waals surface area contributed by atoms with E-state index in [0.29, 0.717) is 0 Å². The predicted octanol–water partition coefficient (Wildman–Crippen LogP) is 0.416. The lowest BCUT2D eigenvalue weighted by Gasteiger charge is -1.76. The van der Waals surface area contributed by atoms with E-state index in [0.717, 1.165) is 13.2 Å². The van der Waals surface area contributed by atoms with Gasteiger partial charge in [0.05, 0.1) is 0 Å². The Hall–Kier alpha value is 0.726. The molecule has 0 aliphatic carbocycles. The van der Waals surface area contributed by atoms with E-state index in [-0.39, 0.29) is 23.1 Å². The molecule has 1 nitrogen and oxygen atoms in total. The number of ether oxygens (including phenoxy) is 1. The maximum atomic E-state index is 4.94. The molecule has 0 aromatic carbocycles. The average Bonchev–Trinajstić information content (AvgIpc) is 1.76. The molecule has 6 heavy (non-hydrogen) atoms. The highest BCUT2D eigenvalue weighted by Crippen LogP contribution is 1.98. The molecular weight excluding hydrogens is 88.3 g/mol. The third-order valence-corrected chi connectivity index (χ3v) is 0.827. The zero-order chi connectivity index (χ0) is 3.54. The molecule has 0 amide bonds. The van der Waals surface area contributed by atoms with Crippen molar-refractivity contribution in [3.05, 3.63) is 0 Å². The van der Waals surface area contributed by atoms with Crippen molar-refractivity contribution >= 4 is 23.1 Å². The maximum Gasteiger partial charge on any atom is 0.0466 e. The van der Waals surface area contributed by atoms with Gasteiger partial charge in [-0.05, 0) is 12.8 Å². The third-order valence-electron chi connectivity index (χ3n) is 0.827. The molecule has 0 aromatic rings. The molecule has 0 atom stereocenters. The topological polar surface area (TPSA) is 9.23 Å². The highest BCUT2D eigenvalue weighted by molar-refractivity contribution is 5.75. The van der Waals surface area contributed by atoms with Gasteiger partial charge in [0.2, 0.25) is 0 Å². The summed E-state index contributed by atoms with van der Waals surface area (Å²) in [6.07, 6.45) is 2.56. The van der Waals surface area contributed by atoms with Gasteiger partial charge in [-0.1, -0.05) is 0 Å². The van der Waals surface area contributed by atoms with E-state index >= 15 is 0 Å². The molecule has 1 fully saturated rings. The van der Waals surface area contributed by atoms with E-state index in [2.05, 4.69) is 0 Å². The molecule has 0 bridgehead atoms. The van der Waals surface area contributed by atoms with E-state index in [1.165, 1.54) is 12.8 Å². The highest BCUT2D eigenvalue weighted by atomic mass is 24.3. The minimum absolute atomic E-state index is 0. The van der Waals surface area contributed by atoms with Crippen LogP contribution < -0.4 is 0 Å². The second-order valence-corrected chi connectivity index (χ2v) is 1.32. The van der Waals surface area contributed by atoms with Gasteiger partial charge in [0.15, 0.2) is 0 Å². The first-order chi connectivity index (χ1) is 2.50. The van der Waals surface area contributed by atoms with Crippen LogP contribution in [0.25, 0.3) is 0 Å². The van der Waals surface area contributed by atoms with Crippen LogP contribution in [0.3, 0.4) is 0 Å². The molecule has 1 aliphatic rings. The smallest absolute Gasteiger partial charge is 0.0466 e. The minimum Gasteiger partial charge on any atom is -0.381 e. The summed E-state index contributed by atoms with van der Waals surface area (Å²) >= 11 is 0. The summed E-state index contributed by atoms with van der Waals surface area (Å²) in [6.45, 7) is 2.00. The Bertz CT molecular complexity index is 19.1. The maximum absolute atomic E-state index is 4.94. The third kappa shape index (κ3) is 2.00. The molecule has 1 aliphatic heterocycles. The summed E-state index contributed by atoms with van der Waals surface area (Å²) < 4.78 is 4.94. The number of hydrogen-bond acceptors (Lipinski definition) is 1. The summed E-state index contributed by atoms with van der Waals surface area (Å²) in [5, 5.41) is 0. The van der Waals surface area contributed by atoms with Gasteiger partial charge in [0.25, 0.3) is 0 Å². The molecule has 0 spiro atoms. The standard InChI is InChI=1S/C4H8O.Mg/c1-2-4-5-3-1;/h1-4H2;. The second-order valence-electron chi connectivity index (χ2n) is 1.32. The van der Waals surface area contributed by atoms with Crippen LogP contribution in [0, 0.1) is 0 Å². The van der Waals surface area contributed by atoms with E-state index < -0.39 is 0 Å². The minimum atomic E-state index is 0. The van der Waals surface area contributed by atoms with Crippen LogP contribution in [0.1, 0.15) is 12.8 Å². The molecule has 0 aromatic heterocycles. The van der Waals surface area contributed by atoms with Gasteiger partial charge in [-0.3, -0.25) is 0 Å². The summed E-state index contributed by atoms with van der Waals surface area (Å²) in [4.78, 5) is 0. The lowest BCUT2D eigenvalue weighted by Crippen LogP contribution is -1.74. The van der Waals surface area contributed by atoms with Gasteiger partial charge in [-0.15, -0.1) is 0 Å². The first-order valence-corrected chi connectivity index (χ1v) is 2.08. The normalized spacial score (nSPS) is 20.0. The molecule has 1 rings (SSSR count). The fourth-order valence-corrected chi connectivity index (χ4v) is 0.510. The van der Waals surface area contributed by atoms with Crippen molar-refractivity contribution in [2.24, 2.45) is 0 Å². The zero-order valence-electron chi connectivity index (χ0n) is 3.94. The Morgan fingerprint density at radius 3 is 1.67 bits per heavy atom. The first-order valence-electron chi connectivity index (χ1n) is 2.08. The fourth-order valence-electron chi connectivity index (χ4n) is 0.510. The van der Waals surface area contributed by atoms with Crippen LogP contribution in [-0.4, -0.2) is 36.3 Å². The van der Waals surface area contributed by atoms with Crippen molar-refractivity contribution < 1.29 is 4.74 Å². The molecule has 0 N–H and O–H groups in total. The van der Waals surface area contributed by atoms with E-state index in [1.54, 1.807) is 0 Å². The van der Waals surface area contributed by atoms with Crippen molar-refractivity contribution in [3.8, 4) is 0 Å². The Morgan fingerprint density at radius 1 is 1.00 bits per heavy atom. The van der Waals surface area contributed by atoms with E-state index in [4.69, 9.17) is 4.74 Å². The van der Waals surface area contributed by atoms with Crippen LogP contribution >= 0.6 is 0 Å². The highest BCUT2D eigenvalue weighted by Gasteiger charge is 1.94. The van der Waals surface area contributed by atoms with Gasteiger partial charge in [0, 0.05) is 36.3 Å². The Balaban J connectivity index is 0.000000250. The zero-order valence-corrected chi connectivity index (χ0v) is 5.36. The molecule has 2 radical (unpaired) electrons. The average molecular weight is 96.4 g/mol. The van der Waals surface area contributed by atoms with Crippen LogP contribution in [0.2, 0.25) is 0 Å². The largest absolute Gasteiger partial charge is 0.381 e. The lowest BCUT2D eigenvalue weighted by molar-refractivity contribution is 0.198. The molecule has 2 heteroatoms. The summed E-state index contributed by atoms with van der Waals surface area (Å²) in [7, 11) is 0. The van der Waals surface area contributed by atoms with Gasteiger partial charge in [-0.25, -0.2) is 0 Å². The van der Waals surface area contributed by atoms with Gasteiger partial charge in [0.1, 0.15) is 0 Å². The predicted molar refractivity (Wildman–Crippen MR) is 25.8 cm³/mol. The van der Waals surface area contributed by atoms with E-state index in [1.807, 2.05) is 0 Å². The van der Waals surface area contributed by atoms with Gasteiger partial charge < -0.3 is 4.74 Å². The fraction of sp³-hybridized carbons (Fsp3) is 1.00. The van der Waals surface area contributed by atoms with E-state index in [9.17, 15) is 0 Å². The molecule has 32 valence electrons. The Morgan fingerprint density at radius 2 is 1.50 bits per heavy atom. The quantitative estimate of drug-likeness (QED) is 0.397. The van der Waals surface area contributed by atoms with Crippen LogP contribution in [0.5, 0.6) is 0 Å². The first kappa shape index (κ1) is 6.73. The molecular formula is C4H8MgO. The molecule has 1 saturated heterocycles. The van der Waals surface area contributed by atoms with Crippen molar-refractivity contribution in [3.63, 3.8) is 0 Å². The monoisotopic (exact) mass is 96.0 g/mol. The van der Waals surface area contributed by atoms with Crippen LogP contribution in [-0.2, 0) is 4.74 Å². The van der Waals surface area contributed by atoms with Crippen LogP contribution in [0.15, 0.2) is 0 Å². The summed E-state index contributed by atoms with van der Waals surface area (Å²) in [5.74, 6) is 0. The molecule has 0 unspecified atom stereocenters. The van der Waals surface area contributed by atoms with Crippen molar-refractivity contribution in [1.29, 1.82) is 0 Å². The molecule has 0 saturated carbocycles. The Kier molecular flexibility index (Phi) is 4.37. The molecule has 1 heterocycles. The number of rotatable bonds is 0. The van der Waals surface area contributed by atoms with Crippen LogP contribution in [0.4, 0.5) is 0 Å². The summed E-state index contributed by atoms with van der Waals surface area (Å²) in [6, 6.07) is 0. The second kappa shape index (κ2) is 3.90. The van der Waals surface area contributed by atoms with Crippen molar-refractivity contribution in [2.45, 2.75) is 12.8 Å². The van der Waals surface area contributed by atoms with Crippen molar-refractivity contribution in [2.75, 3.05) is 13.2 Å².